The van der Waals surface area contributed by atoms with E-state index in [1.807, 2.05) is 0 Å². The first-order valence-corrected chi connectivity index (χ1v) is 8.99. The van der Waals surface area contributed by atoms with E-state index >= 15 is 0 Å². The average Bonchev–Trinajstić information content (AvgIpc) is 3.36. The molecule has 2 fully saturated rings. The van der Waals surface area contributed by atoms with E-state index in [0.717, 1.165) is 38.0 Å². The van der Waals surface area contributed by atoms with E-state index in [1.54, 1.807) is 48.8 Å². The molecule has 2 aromatic rings. The van der Waals surface area contributed by atoms with E-state index in [2.05, 4.69) is 20.9 Å². The van der Waals surface area contributed by atoms with Gasteiger partial charge in [0.15, 0.2) is 0 Å². The fourth-order valence-corrected chi connectivity index (χ4v) is 3.77. The number of amides is 2. The smallest absolute Gasteiger partial charge is 0.255 e. The van der Waals surface area contributed by atoms with Crippen LogP contribution in [0.1, 0.15) is 29.6 Å². The van der Waals surface area contributed by atoms with Crippen LogP contribution >= 0.6 is 0 Å². The number of hydrogen-bond donors (Lipinski definition) is 3. The Morgan fingerprint density at radius 2 is 1.81 bits per heavy atom. The van der Waals surface area contributed by atoms with Gasteiger partial charge in [-0.25, -0.2) is 0 Å². The maximum atomic E-state index is 12.5. The maximum Gasteiger partial charge on any atom is 0.255 e. The number of pyridine rings is 1. The summed E-state index contributed by atoms with van der Waals surface area (Å²) in [6, 6.07) is 10.5. The van der Waals surface area contributed by atoms with Crippen LogP contribution in [-0.2, 0) is 4.79 Å². The lowest BCUT2D eigenvalue weighted by molar-refractivity contribution is -0.118. The molecule has 6 heteroatoms. The monoisotopic (exact) mass is 350 g/mol. The average molecular weight is 350 g/mol. The Kier molecular flexibility index (Phi) is 4.42. The number of nitrogens with zero attached hydrogens (tertiary/aromatic N) is 1. The molecule has 4 rings (SSSR count). The highest BCUT2D eigenvalue weighted by Gasteiger charge is 2.57. The summed E-state index contributed by atoms with van der Waals surface area (Å²) in [6.45, 7) is 2.01. The highest BCUT2D eigenvalue weighted by Crippen LogP contribution is 2.58. The van der Waals surface area contributed by atoms with Gasteiger partial charge >= 0.3 is 0 Å². The van der Waals surface area contributed by atoms with Crippen molar-refractivity contribution in [2.45, 2.75) is 19.3 Å². The molecule has 1 unspecified atom stereocenters. The largest absolute Gasteiger partial charge is 0.326 e. The van der Waals surface area contributed by atoms with Gasteiger partial charge < -0.3 is 16.0 Å². The van der Waals surface area contributed by atoms with Crippen LogP contribution in [0.25, 0.3) is 0 Å². The van der Waals surface area contributed by atoms with Crippen molar-refractivity contribution in [3.8, 4) is 0 Å². The molecule has 1 atom stereocenters. The first-order chi connectivity index (χ1) is 12.7. The van der Waals surface area contributed by atoms with Gasteiger partial charge in [0.05, 0.1) is 11.9 Å². The zero-order valence-corrected chi connectivity index (χ0v) is 14.5. The van der Waals surface area contributed by atoms with Gasteiger partial charge in [-0.2, -0.15) is 0 Å². The summed E-state index contributed by atoms with van der Waals surface area (Å²) >= 11 is 0. The van der Waals surface area contributed by atoms with Crippen molar-refractivity contribution in [3.63, 3.8) is 0 Å². The van der Waals surface area contributed by atoms with Gasteiger partial charge in [-0.05, 0) is 74.2 Å². The number of aromatic nitrogens is 1. The molecule has 2 heterocycles. The van der Waals surface area contributed by atoms with Gasteiger partial charge in [0, 0.05) is 23.4 Å². The van der Waals surface area contributed by atoms with Crippen LogP contribution in [0.2, 0.25) is 0 Å². The van der Waals surface area contributed by atoms with E-state index in [-0.39, 0.29) is 23.1 Å². The van der Waals surface area contributed by atoms with Crippen molar-refractivity contribution in [3.05, 3.63) is 54.4 Å². The Morgan fingerprint density at radius 1 is 1.04 bits per heavy atom. The van der Waals surface area contributed by atoms with Crippen LogP contribution in [0.5, 0.6) is 0 Å². The van der Waals surface area contributed by atoms with Crippen molar-refractivity contribution in [1.82, 2.24) is 10.3 Å². The third-order valence-electron chi connectivity index (χ3n) is 5.44. The maximum absolute atomic E-state index is 12.5. The number of benzene rings is 1. The summed E-state index contributed by atoms with van der Waals surface area (Å²) in [4.78, 5) is 28.7. The normalized spacial score (nSPS) is 20.4. The van der Waals surface area contributed by atoms with E-state index in [4.69, 9.17) is 0 Å². The zero-order chi connectivity index (χ0) is 18.0. The lowest BCUT2D eigenvalue weighted by atomic mass is 9.92. The van der Waals surface area contributed by atoms with Crippen molar-refractivity contribution in [2.75, 3.05) is 23.7 Å². The lowest BCUT2D eigenvalue weighted by Gasteiger charge is -2.23. The van der Waals surface area contributed by atoms with Crippen LogP contribution < -0.4 is 16.0 Å². The van der Waals surface area contributed by atoms with Gasteiger partial charge in [-0.15, -0.1) is 0 Å². The first-order valence-electron chi connectivity index (χ1n) is 8.99. The summed E-state index contributed by atoms with van der Waals surface area (Å²) < 4.78 is 0. The van der Waals surface area contributed by atoms with Gasteiger partial charge in [-0.1, -0.05) is 0 Å². The number of carbonyl (C=O) groups is 2. The molecule has 1 aromatic carbocycles. The fourth-order valence-electron chi connectivity index (χ4n) is 3.77. The third-order valence-corrected chi connectivity index (χ3v) is 5.44. The zero-order valence-electron chi connectivity index (χ0n) is 14.5. The number of hydrogen-bond acceptors (Lipinski definition) is 4. The van der Waals surface area contributed by atoms with Gasteiger partial charge in [0.1, 0.15) is 0 Å². The van der Waals surface area contributed by atoms with E-state index < -0.39 is 0 Å². The third kappa shape index (κ3) is 3.46. The number of nitrogens with one attached hydrogen (secondary N) is 3. The highest BCUT2D eigenvalue weighted by molar-refractivity contribution is 6.04. The fraction of sp³-hybridized carbons (Fsp3) is 0.350. The molecule has 3 N–H and O–H groups in total. The molecule has 2 amide bonds. The Bertz CT molecular complexity index is 798. The quantitative estimate of drug-likeness (QED) is 0.792. The molecule has 1 aromatic heterocycles. The molecular formula is C20H22N4O2. The summed E-state index contributed by atoms with van der Waals surface area (Å²) in [7, 11) is 0. The second kappa shape index (κ2) is 6.88. The number of anilines is 2. The van der Waals surface area contributed by atoms with Crippen molar-refractivity contribution in [1.29, 1.82) is 0 Å². The van der Waals surface area contributed by atoms with Gasteiger partial charge in [0.2, 0.25) is 5.91 Å². The minimum absolute atomic E-state index is 0.0967. The summed E-state index contributed by atoms with van der Waals surface area (Å²) in [5.41, 5.74) is 2.13. The predicted molar refractivity (Wildman–Crippen MR) is 99.9 cm³/mol. The molecule has 6 nitrogen and oxygen atoms in total. The Hall–Kier alpha value is -2.73. The molecule has 1 aliphatic carbocycles. The lowest BCUT2D eigenvalue weighted by Crippen LogP contribution is -2.31. The second-order valence-electron chi connectivity index (χ2n) is 7.13. The summed E-state index contributed by atoms with van der Waals surface area (Å²) in [5.74, 6) is 0.0179. The summed E-state index contributed by atoms with van der Waals surface area (Å²) in [6.07, 6.45) is 6.41. The molecule has 26 heavy (non-hydrogen) atoms. The van der Waals surface area contributed by atoms with Crippen molar-refractivity contribution in [2.24, 2.45) is 11.3 Å². The van der Waals surface area contributed by atoms with Gasteiger partial charge in [0.25, 0.3) is 5.91 Å². The van der Waals surface area contributed by atoms with E-state index in [0.29, 0.717) is 11.3 Å². The Labute approximate surface area is 152 Å². The highest BCUT2D eigenvalue weighted by atomic mass is 16.2. The minimum Gasteiger partial charge on any atom is -0.326 e. The molecule has 0 radical (unpaired) electrons. The molecule has 1 aliphatic heterocycles. The van der Waals surface area contributed by atoms with E-state index in [9.17, 15) is 9.59 Å². The second-order valence-corrected chi connectivity index (χ2v) is 7.13. The van der Waals surface area contributed by atoms with Gasteiger partial charge in [-0.3, -0.25) is 14.6 Å². The standard InChI is InChI=1S/C20H22N4O2/c25-18(24-16-2-1-9-22-13-16)14-3-5-15(6-4-14)23-19(26)17-12-20(17)7-10-21-11-8-20/h1-6,9,13,17,21H,7-8,10-12H2,(H,23,26)(H,24,25). The number of rotatable bonds is 4. The molecular weight excluding hydrogens is 328 g/mol. The summed E-state index contributed by atoms with van der Waals surface area (Å²) in [5, 5.41) is 9.13. The van der Waals surface area contributed by atoms with Crippen LogP contribution in [0, 0.1) is 11.3 Å². The molecule has 1 saturated heterocycles. The topological polar surface area (TPSA) is 83.1 Å². The van der Waals surface area contributed by atoms with Crippen molar-refractivity contribution >= 4 is 23.2 Å². The van der Waals surface area contributed by atoms with E-state index in [1.165, 1.54) is 0 Å². The molecule has 1 spiro atoms. The van der Waals surface area contributed by atoms with Crippen LogP contribution in [0.15, 0.2) is 48.8 Å². The number of piperidine rings is 1. The van der Waals surface area contributed by atoms with Crippen LogP contribution in [0.3, 0.4) is 0 Å². The SMILES string of the molecule is O=C(Nc1cccnc1)c1ccc(NC(=O)C2CC23CCNCC3)cc1. The Morgan fingerprint density at radius 3 is 2.50 bits per heavy atom. The molecule has 134 valence electrons. The first kappa shape index (κ1) is 16.7. The van der Waals surface area contributed by atoms with Crippen LogP contribution in [0.4, 0.5) is 11.4 Å². The predicted octanol–water partition coefficient (Wildman–Crippen LogP) is 2.66. The van der Waals surface area contributed by atoms with Crippen LogP contribution in [-0.4, -0.2) is 29.9 Å². The van der Waals surface area contributed by atoms with Crippen molar-refractivity contribution < 1.29 is 9.59 Å². The molecule has 2 aliphatic rings. The minimum atomic E-state index is -0.202. The number of carbonyl (C=O) groups excluding carboxylic acids is 2. The molecule has 1 saturated carbocycles. The molecule has 0 bridgehead atoms. The Balaban J connectivity index is 1.34.